The lowest BCUT2D eigenvalue weighted by Gasteiger charge is -2.25. The van der Waals surface area contributed by atoms with Gasteiger partial charge in [-0.15, -0.1) is 0 Å². The quantitative estimate of drug-likeness (QED) is 0.799. The zero-order valence-electron chi connectivity index (χ0n) is 12.6. The van der Waals surface area contributed by atoms with E-state index in [2.05, 4.69) is 15.0 Å². The van der Waals surface area contributed by atoms with E-state index in [0.717, 1.165) is 12.3 Å². The van der Waals surface area contributed by atoms with Crippen molar-refractivity contribution in [2.45, 2.75) is 38.4 Å². The van der Waals surface area contributed by atoms with Gasteiger partial charge in [-0.2, -0.15) is 13.2 Å². The molecule has 1 aromatic heterocycles. The van der Waals surface area contributed by atoms with Crippen LogP contribution in [0.25, 0.3) is 0 Å². The summed E-state index contributed by atoms with van der Waals surface area (Å²) >= 11 is 0. The third-order valence-corrected chi connectivity index (χ3v) is 2.99. The van der Waals surface area contributed by atoms with E-state index < -0.39 is 30.2 Å². The number of amides is 1. The van der Waals surface area contributed by atoms with Gasteiger partial charge in [0.25, 0.3) is 5.91 Å². The molecular weight excluding hydrogens is 317 g/mol. The molecule has 0 radical (unpaired) electrons. The number of ether oxygens (including phenoxy) is 1. The Hall–Kier alpha value is -2.32. The molecule has 6 nitrogen and oxygen atoms in total. The van der Waals surface area contributed by atoms with Crippen molar-refractivity contribution in [3.8, 4) is 5.88 Å². The van der Waals surface area contributed by atoms with Gasteiger partial charge >= 0.3 is 12.1 Å². The van der Waals surface area contributed by atoms with Gasteiger partial charge < -0.3 is 15.2 Å². The third kappa shape index (κ3) is 5.76. The van der Waals surface area contributed by atoms with Crippen LogP contribution in [0.1, 0.15) is 37.0 Å². The highest BCUT2D eigenvalue weighted by atomic mass is 19.4. The maximum atomic E-state index is 12.0. The molecule has 0 aliphatic carbocycles. The lowest BCUT2D eigenvalue weighted by molar-refractivity contribution is -0.154. The summed E-state index contributed by atoms with van der Waals surface area (Å²) in [7, 11) is 0. The number of aliphatic carboxylic acids is 1. The molecule has 23 heavy (non-hydrogen) atoms. The molecule has 9 heteroatoms. The van der Waals surface area contributed by atoms with Gasteiger partial charge in [-0.3, -0.25) is 4.79 Å². The molecule has 0 saturated carbocycles. The second kappa shape index (κ2) is 7.30. The normalized spacial score (nSPS) is 14.0. The van der Waals surface area contributed by atoms with E-state index in [0.29, 0.717) is 6.42 Å². The second-order valence-electron chi connectivity index (χ2n) is 5.13. The van der Waals surface area contributed by atoms with Crippen LogP contribution in [0, 0.1) is 0 Å². The molecule has 1 rings (SSSR count). The zero-order valence-corrected chi connectivity index (χ0v) is 12.6. The Morgan fingerprint density at radius 3 is 2.43 bits per heavy atom. The first-order valence-electron chi connectivity index (χ1n) is 6.79. The number of halogens is 3. The highest BCUT2D eigenvalue weighted by molar-refractivity contribution is 5.97. The number of rotatable bonds is 7. The molecular formula is C14H17F3N2O4. The zero-order chi connectivity index (χ0) is 17.7. The van der Waals surface area contributed by atoms with Gasteiger partial charge in [0, 0.05) is 12.3 Å². The molecule has 0 spiro atoms. The van der Waals surface area contributed by atoms with Gasteiger partial charge in [0.15, 0.2) is 6.61 Å². The topological polar surface area (TPSA) is 88.5 Å². The number of carbonyl (C=O) groups is 2. The van der Waals surface area contributed by atoms with Crippen LogP contribution in [-0.4, -0.2) is 40.3 Å². The van der Waals surface area contributed by atoms with Crippen molar-refractivity contribution < 1.29 is 32.6 Å². The monoisotopic (exact) mass is 334 g/mol. The van der Waals surface area contributed by atoms with Gasteiger partial charge in [0.2, 0.25) is 5.88 Å². The number of hydrogen-bond donors (Lipinski definition) is 2. The fourth-order valence-corrected chi connectivity index (χ4v) is 1.80. The van der Waals surface area contributed by atoms with E-state index in [1.807, 2.05) is 0 Å². The standard InChI is InChI=1S/C14H17F3N2O4/c1-3-6-13(2,12(21)22)19-11(20)9-4-5-10(18-7-9)23-8-14(15,16)17/h4-5,7H,3,6,8H2,1-2H3,(H,19,20)(H,21,22). The Labute approximate surface area is 130 Å². The molecule has 1 aromatic rings. The molecule has 0 aliphatic rings. The average molecular weight is 334 g/mol. The fourth-order valence-electron chi connectivity index (χ4n) is 1.80. The van der Waals surface area contributed by atoms with Crippen molar-refractivity contribution >= 4 is 11.9 Å². The summed E-state index contributed by atoms with van der Waals surface area (Å²) in [5, 5.41) is 11.6. The maximum absolute atomic E-state index is 12.0. The molecule has 0 saturated heterocycles. The van der Waals surface area contributed by atoms with Crippen LogP contribution in [0.3, 0.4) is 0 Å². The van der Waals surface area contributed by atoms with Crippen LogP contribution in [-0.2, 0) is 4.79 Å². The lowest BCUT2D eigenvalue weighted by atomic mass is 9.96. The van der Waals surface area contributed by atoms with Crippen LogP contribution < -0.4 is 10.1 Å². The SMILES string of the molecule is CCCC(C)(NC(=O)c1ccc(OCC(F)(F)F)nc1)C(=O)O. The number of hydrogen-bond acceptors (Lipinski definition) is 4. The van der Waals surface area contributed by atoms with Crippen molar-refractivity contribution in [2.75, 3.05) is 6.61 Å². The Morgan fingerprint density at radius 2 is 2.00 bits per heavy atom. The van der Waals surface area contributed by atoms with Gasteiger partial charge in [-0.1, -0.05) is 13.3 Å². The van der Waals surface area contributed by atoms with Crippen molar-refractivity contribution in [1.29, 1.82) is 0 Å². The van der Waals surface area contributed by atoms with E-state index in [-0.39, 0.29) is 17.9 Å². The van der Waals surface area contributed by atoms with E-state index >= 15 is 0 Å². The molecule has 0 bridgehead atoms. The predicted molar refractivity (Wildman–Crippen MR) is 74.2 cm³/mol. The van der Waals surface area contributed by atoms with E-state index in [1.54, 1.807) is 6.92 Å². The highest BCUT2D eigenvalue weighted by Gasteiger charge is 2.34. The molecule has 0 aromatic carbocycles. The third-order valence-electron chi connectivity index (χ3n) is 2.99. The average Bonchev–Trinajstić information content (AvgIpc) is 2.45. The Kier molecular flexibility index (Phi) is 5.94. The summed E-state index contributed by atoms with van der Waals surface area (Å²) in [5.74, 6) is -2.14. The van der Waals surface area contributed by atoms with Crippen LogP contribution in [0.15, 0.2) is 18.3 Å². The highest BCUT2D eigenvalue weighted by Crippen LogP contribution is 2.18. The number of pyridine rings is 1. The van der Waals surface area contributed by atoms with Crippen LogP contribution in [0.4, 0.5) is 13.2 Å². The van der Waals surface area contributed by atoms with Crippen LogP contribution in [0.5, 0.6) is 5.88 Å². The largest absolute Gasteiger partial charge is 0.480 e. The number of carboxylic acid groups (broad SMARTS) is 1. The predicted octanol–water partition coefficient (Wildman–Crippen LogP) is 2.40. The number of nitrogens with zero attached hydrogens (tertiary/aromatic N) is 1. The summed E-state index contributed by atoms with van der Waals surface area (Å²) in [5.41, 5.74) is -1.41. The van der Waals surface area contributed by atoms with Crippen molar-refractivity contribution in [3.63, 3.8) is 0 Å². The minimum atomic E-state index is -4.48. The molecule has 1 amide bonds. The Bertz CT molecular complexity index is 560. The minimum Gasteiger partial charge on any atom is -0.480 e. The van der Waals surface area contributed by atoms with Gasteiger partial charge in [0.1, 0.15) is 5.54 Å². The van der Waals surface area contributed by atoms with Crippen molar-refractivity contribution in [2.24, 2.45) is 0 Å². The smallest absolute Gasteiger partial charge is 0.422 e. The van der Waals surface area contributed by atoms with Gasteiger partial charge in [0.05, 0.1) is 5.56 Å². The summed E-state index contributed by atoms with van der Waals surface area (Å²) in [6, 6.07) is 2.32. The first-order chi connectivity index (χ1) is 10.6. The number of aromatic nitrogens is 1. The summed E-state index contributed by atoms with van der Waals surface area (Å²) < 4.78 is 40.5. The van der Waals surface area contributed by atoms with Crippen molar-refractivity contribution in [3.05, 3.63) is 23.9 Å². The number of alkyl halides is 3. The molecule has 128 valence electrons. The maximum Gasteiger partial charge on any atom is 0.422 e. The number of carbonyl (C=O) groups excluding carboxylic acids is 1. The molecule has 2 N–H and O–H groups in total. The Morgan fingerprint density at radius 1 is 1.35 bits per heavy atom. The van der Waals surface area contributed by atoms with Crippen molar-refractivity contribution in [1.82, 2.24) is 10.3 Å². The number of carboxylic acids is 1. The van der Waals surface area contributed by atoms with Crippen LogP contribution >= 0.6 is 0 Å². The summed E-state index contributed by atoms with van der Waals surface area (Å²) in [6.45, 7) is 1.67. The van der Waals surface area contributed by atoms with Crippen LogP contribution in [0.2, 0.25) is 0 Å². The first kappa shape index (κ1) is 18.7. The Balaban J connectivity index is 2.75. The molecule has 0 fully saturated rings. The lowest BCUT2D eigenvalue weighted by Crippen LogP contribution is -2.52. The molecule has 1 atom stereocenters. The minimum absolute atomic E-state index is 0.0212. The summed E-state index contributed by atoms with van der Waals surface area (Å²) in [4.78, 5) is 26.9. The van der Waals surface area contributed by atoms with E-state index in [1.165, 1.54) is 13.0 Å². The van der Waals surface area contributed by atoms with E-state index in [4.69, 9.17) is 0 Å². The second-order valence-corrected chi connectivity index (χ2v) is 5.13. The summed E-state index contributed by atoms with van der Waals surface area (Å²) in [6.07, 6.45) is -2.68. The number of nitrogens with one attached hydrogen (secondary N) is 1. The first-order valence-corrected chi connectivity index (χ1v) is 6.79. The molecule has 0 aliphatic heterocycles. The van der Waals surface area contributed by atoms with E-state index in [9.17, 15) is 27.9 Å². The fraction of sp³-hybridized carbons (Fsp3) is 0.500. The van der Waals surface area contributed by atoms with Gasteiger partial charge in [-0.05, 0) is 19.4 Å². The van der Waals surface area contributed by atoms with Gasteiger partial charge in [-0.25, -0.2) is 9.78 Å². The molecule has 1 unspecified atom stereocenters. The molecule has 1 heterocycles.